The van der Waals surface area contributed by atoms with Gasteiger partial charge in [-0.15, -0.1) is 0 Å². The lowest BCUT2D eigenvalue weighted by molar-refractivity contribution is -0.145. The maximum Gasteiger partial charge on any atom is 0.331 e. The smallest absolute Gasteiger partial charge is 0.331 e. The summed E-state index contributed by atoms with van der Waals surface area (Å²) < 4.78 is 0.196. The Labute approximate surface area is 159 Å². The van der Waals surface area contributed by atoms with Gasteiger partial charge >= 0.3 is 5.97 Å². The highest BCUT2D eigenvalue weighted by Crippen LogP contribution is 2.38. The normalized spacial score (nSPS) is 16.8. The highest BCUT2D eigenvalue weighted by molar-refractivity contribution is 8.26. The van der Waals surface area contributed by atoms with Gasteiger partial charge in [0.1, 0.15) is 10.6 Å². The molecule has 0 saturated carbocycles. The fourth-order valence-corrected chi connectivity index (χ4v) is 3.88. The van der Waals surface area contributed by atoms with Crippen molar-refractivity contribution in [1.29, 1.82) is 0 Å². The number of rotatable bonds is 5. The molecule has 0 aromatic heterocycles. The van der Waals surface area contributed by atoms with Crippen LogP contribution >= 0.6 is 24.0 Å². The van der Waals surface area contributed by atoms with E-state index in [0.29, 0.717) is 16.0 Å². The third-order valence-electron chi connectivity index (χ3n) is 3.80. The Morgan fingerprint density at radius 3 is 2.27 bits per heavy atom. The molecule has 1 fully saturated rings. The Hall–Kier alpha value is -2.77. The average molecular weight is 383 g/mol. The van der Waals surface area contributed by atoms with Crippen LogP contribution in [0.4, 0.5) is 0 Å². The quantitative estimate of drug-likeness (QED) is 0.484. The van der Waals surface area contributed by atoms with Crippen molar-refractivity contribution in [2.45, 2.75) is 6.04 Å². The minimum absolute atomic E-state index is 0.196. The number of thioether (sulfide) groups is 1. The lowest BCUT2D eigenvalue weighted by Gasteiger charge is -2.23. The first-order valence-electron chi connectivity index (χ1n) is 7.61. The maximum absolute atomic E-state index is 12.8. The van der Waals surface area contributed by atoms with Crippen LogP contribution in [0.25, 0.3) is 6.08 Å². The van der Waals surface area contributed by atoms with Crippen LogP contribution in [0.15, 0.2) is 59.5 Å². The number of carboxylic acid groups (broad SMARTS) is 1. The molecule has 1 aliphatic rings. The van der Waals surface area contributed by atoms with Crippen molar-refractivity contribution in [3.63, 3.8) is 0 Å². The Morgan fingerprint density at radius 1 is 1.08 bits per heavy atom. The standard InChI is InChI=1S/C19H13NO4S2/c21-11-13-8-6-12(7-9-13)10-15-17(22)20(19(25)26-15)16(18(23)24)14-4-2-1-3-5-14/h1-11,16H,(H,23,24)/b15-10-/t16-/m1/s1. The van der Waals surface area contributed by atoms with Gasteiger partial charge in [0.05, 0.1) is 4.91 Å². The van der Waals surface area contributed by atoms with Crippen molar-refractivity contribution in [2.24, 2.45) is 0 Å². The van der Waals surface area contributed by atoms with E-state index in [-0.39, 0.29) is 4.32 Å². The average Bonchev–Trinajstić information content (AvgIpc) is 2.91. The van der Waals surface area contributed by atoms with Crippen LogP contribution in [0.5, 0.6) is 0 Å². The van der Waals surface area contributed by atoms with E-state index in [1.54, 1.807) is 60.7 Å². The van der Waals surface area contributed by atoms with Crippen molar-refractivity contribution in [2.75, 3.05) is 0 Å². The van der Waals surface area contributed by atoms with Gasteiger partial charge in [0.25, 0.3) is 5.91 Å². The molecule has 3 rings (SSSR count). The molecule has 1 amide bonds. The number of carbonyl (C=O) groups excluding carboxylic acids is 2. The van der Waals surface area contributed by atoms with E-state index < -0.39 is 17.9 Å². The molecule has 130 valence electrons. The Morgan fingerprint density at radius 2 is 1.69 bits per heavy atom. The van der Waals surface area contributed by atoms with Crippen LogP contribution < -0.4 is 0 Å². The minimum Gasteiger partial charge on any atom is -0.479 e. The highest BCUT2D eigenvalue weighted by atomic mass is 32.2. The van der Waals surface area contributed by atoms with Crippen LogP contribution in [-0.2, 0) is 9.59 Å². The molecule has 2 aromatic rings. The number of aliphatic carboxylic acids is 1. The fourth-order valence-electron chi connectivity index (χ4n) is 2.56. The third-order valence-corrected chi connectivity index (χ3v) is 5.13. The van der Waals surface area contributed by atoms with Crippen molar-refractivity contribution in [3.8, 4) is 0 Å². The first-order chi connectivity index (χ1) is 12.5. The van der Waals surface area contributed by atoms with Crippen LogP contribution in [0, 0.1) is 0 Å². The molecule has 1 N–H and O–H groups in total. The topological polar surface area (TPSA) is 74.7 Å². The summed E-state index contributed by atoms with van der Waals surface area (Å²) in [5.74, 6) is -1.60. The van der Waals surface area contributed by atoms with E-state index in [4.69, 9.17) is 12.2 Å². The van der Waals surface area contributed by atoms with Gasteiger partial charge in [-0.2, -0.15) is 0 Å². The number of amides is 1. The van der Waals surface area contributed by atoms with E-state index >= 15 is 0 Å². The third kappa shape index (κ3) is 3.58. The molecule has 1 atom stereocenters. The molecule has 0 aliphatic carbocycles. The lowest BCUT2D eigenvalue weighted by atomic mass is 10.1. The summed E-state index contributed by atoms with van der Waals surface area (Å²) in [5, 5.41) is 9.64. The van der Waals surface area contributed by atoms with Crippen LogP contribution in [0.3, 0.4) is 0 Å². The Kier molecular flexibility index (Phi) is 5.29. The molecule has 0 bridgehead atoms. The van der Waals surface area contributed by atoms with Crippen molar-refractivity contribution in [3.05, 3.63) is 76.2 Å². The van der Waals surface area contributed by atoms with Gasteiger partial charge in [0.15, 0.2) is 6.04 Å². The van der Waals surface area contributed by atoms with Gasteiger partial charge in [0, 0.05) is 5.56 Å². The maximum atomic E-state index is 12.8. The first kappa shape index (κ1) is 18.0. The number of benzene rings is 2. The summed E-state index contributed by atoms with van der Waals surface area (Å²) in [7, 11) is 0. The van der Waals surface area contributed by atoms with Crippen LogP contribution in [0.1, 0.15) is 27.5 Å². The molecule has 0 unspecified atom stereocenters. The summed E-state index contributed by atoms with van der Waals surface area (Å²) in [6.45, 7) is 0. The van der Waals surface area contributed by atoms with Crippen molar-refractivity contribution >= 4 is 52.5 Å². The highest BCUT2D eigenvalue weighted by Gasteiger charge is 2.41. The monoisotopic (exact) mass is 383 g/mol. The summed E-state index contributed by atoms with van der Waals surface area (Å²) in [6.07, 6.45) is 2.37. The molecule has 1 heterocycles. The largest absolute Gasteiger partial charge is 0.479 e. The first-order valence-corrected chi connectivity index (χ1v) is 8.84. The predicted molar refractivity (Wildman–Crippen MR) is 104 cm³/mol. The molecule has 0 radical (unpaired) electrons. The minimum atomic E-state index is -1.17. The second-order valence-electron chi connectivity index (χ2n) is 5.49. The zero-order valence-electron chi connectivity index (χ0n) is 13.4. The van der Waals surface area contributed by atoms with Gasteiger partial charge in [-0.1, -0.05) is 78.6 Å². The molecular formula is C19H13NO4S2. The van der Waals surface area contributed by atoms with Crippen molar-refractivity contribution < 1.29 is 19.5 Å². The second kappa shape index (κ2) is 7.63. The van der Waals surface area contributed by atoms with E-state index in [9.17, 15) is 19.5 Å². The molecule has 1 aliphatic heterocycles. The van der Waals surface area contributed by atoms with Crippen LogP contribution in [0.2, 0.25) is 0 Å². The summed E-state index contributed by atoms with van der Waals surface area (Å²) in [6, 6.07) is 14.0. The number of aldehydes is 1. The molecule has 26 heavy (non-hydrogen) atoms. The number of hydrogen-bond acceptors (Lipinski definition) is 5. The van der Waals surface area contributed by atoms with E-state index in [0.717, 1.165) is 28.5 Å². The fraction of sp³-hybridized carbons (Fsp3) is 0.0526. The van der Waals surface area contributed by atoms with Gasteiger partial charge in [-0.05, 0) is 17.2 Å². The van der Waals surface area contributed by atoms with E-state index in [2.05, 4.69) is 0 Å². The summed E-state index contributed by atoms with van der Waals surface area (Å²) in [4.78, 5) is 36.8. The number of carbonyl (C=O) groups is 3. The van der Waals surface area contributed by atoms with Crippen LogP contribution in [-0.4, -0.2) is 32.5 Å². The predicted octanol–water partition coefficient (Wildman–Crippen LogP) is 3.53. The number of carboxylic acids is 1. The zero-order chi connectivity index (χ0) is 18.7. The van der Waals surface area contributed by atoms with E-state index in [1.165, 1.54) is 0 Å². The number of hydrogen-bond donors (Lipinski definition) is 1. The molecule has 2 aromatic carbocycles. The van der Waals surface area contributed by atoms with Gasteiger partial charge in [-0.25, -0.2) is 4.79 Å². The zero-order valence-corrected chi connectivity index (χ0v) is 15.0. The SMILES string of the molecule is O=Cc1ccc(/C=C2\SC(=S)N([C@@H](C(=O)O)c3ccccc3)C2=O)cc1. The van der Waals surface area contributed by atoms with Crippen molar-refractivity contribution in [1.82, 2.24) is 4.90 Å². The lowest BCUT2D eigenvalue weighted by Crippen LogP contribution is -2.37. The summed E-state index contributed by atoms with van der Waals surface area (Å²) >= 11 is 6.33. The Bertz CT molecular complexity index is 907. The molecule has 0 spiro atoms. The second-order valence-corrected chi connectivity index (χ2v) is 7.16. The molecule has 7 heteroatoms. The van der Waals surface area contributed by atoms with Gasteiger partial charge in [0.2, 0.25) is 0 Å². The van der Waals surface area contributed by atoms with E-state index in [1.807, 2.05) is 0 Å². The number of nitrogens with zero attached hydrogens (tertiary/aromatic N) is 1. The van der Waals surface area contributed by atoms with Gasteiger partial charge in [-0.3, -0.25) is 14.5 Å². The Balaban J connectivity index is 1.93. The summed E-state index contributed by atoms with van der Waals surface area (Å²) in [5.41, 5.74) is 1.74. The van der Waals surface area contributed by atoms with Gasteiger partial charge < -0.3 is 5.11 Å². The molecule has 5 nitrogen and oxygen atoms in total. The number of thiocarbonyl (C=S) groups is 1. The molecule has 1 saturated heterocycles. The molecular weight excluding hydrogens is 370 g/mol.